The predicted molar refractivity (Wildman–Crippen MR) is 78.6 cm³/mol. The second-order valence-electron chi connectivity index (χ2n) is 5.62. The molecule has 2 rings (SSSR count). The molecular weight excluding hydrogens is 254 g/mol. The van der Waals surface area contributed by atoms with Crippen LogP contribution in [-0.2, 0) is 6.54 Å². The van der Waals surface area contributed by atoms with Gasteiger partial charge in [0.25, 0.3) is 0 Å². The third-order valence-electron chi connectivity index (χ3n) is 4.21. The van der Waals surface area contributed by atoms with Crippen molar-refractivity contribution >= 4 is 5.84 Å². The fourth-order valence-corrected chi connectivity index (χ4v) is 2.59. The molecule has 1 aliphatic rings. The lowest BCUT2D eigenvalue weighted by atomic mass is 9.96. The third kappa shape index (κ3) is 3.50. The van der Waals surface area contributed by atoms with Gasteiger partial charge in [-0.05, 0) is 45.3 Å². The Bertz CT molecular complexity index is 448. The number of aromatic nitrogens is 2. The van der Waals surface area contributed by atoms with Crippen LogP contribution in [-0.4, -0.2) is 38.8 Å². The zero-order valence-corrected chi connectivity index (χ0v) is 12.4. The molecule has 1 aromatic rings. The van der Waals surface area contributed by atoms with E-state index in [2.05, 4.69) is 41.3 Å². The van der Waals surface area contributed by atoms with Gasteiger partial charge in [0, 0.05) is 24.7 Å². The quantitative estimate of drug-likeness (QED) is 0.373. The summed E-state index contributed by atoms with van der Waals surface area (Å²) in [5.74, 6) is 0.583. The van der Waals surface area contributed by atoms with Crippen LogP contribution in [0.4, 0.5) is 0 Å². The minimum absolute atomic E-state index is 0.217. The Balaban J connectivity index is 1.85. The zero-order chi connectivity index (χ0) is 14.5. The molecule has 0 spiro atoms. The van der Waals surface area contributed by atoms with Crippen molar-refractivity contribution in [2.24, 2.45) is 16.8 Å². The molecule has 1 unspecified atom stereocenters. The number of nitrogens with zero attached hydrogens (tertiary/aromatic N) is 4. The molecule has 1 aromatic heterocycles. The van der Waals surface area contributed by atoms with Gasteiger partial charge < -0.3 is 10.9 Å². The number of oxime groups is 1. The summed E-state index contributed by atoms with van der Waals surface area (Å²) in [6, 6.07) is 2.55. The molecule has 1 fully saturated rings. The van der Waals surface area contributed by atoms with Gasteiger partial charge >= 0.3 is 0 Å². The van der Waals surface area contributed by atoms with Crippen LogP contribution in [0.3, 0.4) is 0 Å². The van der Waals surface area contributed by atoms with E-state index in [9.17, 15) is 0 Å². The predicted octanol–water partition coefficient (Wildman–Crippen LogP) is 1.81. The largest absolute Gasteiger partial charge is 0.409 e. The minimum atomic E-state index is 0.217. The molecule has 0 amide bonds. The van der Waals surface area contributed by atoms with Gasteiger partial charge in [-0.2, -0.15) is 5.10 Å². The van der Waals surface area contributed by atoms with E-state index >= 15 is 0 Å². The minimum Gasteiger partial charge on any atom is -0.409 e. The summed E-state index contributed by atoms with van der Waals surface area (Å²) in [7, 11) is 0. The first kappa shape index (κ1) is 14.8. The highest BCUT2D eigenvalue weighted by Crippen LogP contribution is 2.19. The van der Waals surface area contributed by atoms with Gasteiger partial charge in [0.1, 0.15) is 5.84 Å². The first-order valence-electron chi connectivity index (χ1n) is 7.37. The molecule has 3 N–H and O–H groups in total. The Kier molecular flexibility index (Phi) is 5.00. The van der Waals surface area contributed by atoms with E-state index in [1.54, 1.807) is 0 Å². The number of amidine groups is 1. The van der Waals surface area contributed by atoms with Crippen LogP contribution in [0, 0.1) is 5.92 Å². The first-order chi connectivity index (χ1) is 9.63. The Hall–Kier alpha value is -1.56. The summed E-state index contributed by atoms with van der Waals surface area (Å²) in [4.78, 5) is 2.38. The second-order valence-corrected chi connectivity index (χ2v) is 5.62. The van der Waals surface area contributed by atoms with Gasteiger partial charge in [-0.3, -0.25) is 9.58 Å². The highest BCUT2D eigenvalue weighted by atomic mass is 16.4. The Labute approximate surface area is 120 Å². The smallest absolute Gasteiger partial charge is 0.142 e. The SMILES string of the molecule is CCC(C)n1ccc(CN2CCC(C(N)=NO)CC2)n1. The van der Waals surface area contributed by atoms with Gasteiger partial charge in [0.15, 0.2) is 0 Å². The van der Waals surface area contributed by atoms with E-state index in [1.165, 1.54) is 0 Å². The zero-order valence-electron chi connectivity index (χ0n) is 12.4. The number of rotatable bonds is 5. The van der Waals surface area contributed by atoms with E-state index in [0.717, 1.165) is 44.6 Å². The lowest BCUT2D eigenvalue weighted by Gasteiger charge is -2.30. The second kappa shape index (κ2) is 6.74. The molecule has 1 aliphatic heterocycles. The summed E-state index contributed by atoms with van der Waals surface area (Å²) < 4.78 is 2.04. The highest BCUT2D eigenvalue weighted by molar-refractivity contribution is 5.82. The molecule has 1 atom stereocenters. The monoisotopic (exact) mass is 279 g/mol. The summed E-state index contributed by atoms with van der Waals surface area (Å²) in [5, 5.41) is 16.4. The fraction of sp³-hybridized carbons (Fsp3) is 0.714. The lowest BCUT2D eigenvalue weighted by Crippen LogP contribution is -2.38. The van der Waals surface area contributed by atoms with Gasteiger partial charge in [0.05, 0.1) is 5.69 Å². The van der Waals surface area contributed by atoms with E-state index in [0.29, 0.717) is 11.9 Å². The molecule has 0 aromatic carbocycles. The Morgan fingerprint density at radius 1 is 1.55 bits per heavy atom. The van der Waals surface area contributed by atoms with Gasteiger partial charge in [-0.15, -0.1) is 0 Å². The van der Waals surface area contributed by atoms with Crippen LogP contribution < -0.4 is 5.73 Å². The molecule has 0 bridgehead atoms. The molecule has 0 radical (unpaired) electrons. The molecule has 20 heavy (non-hydrogen) atoms. The van der Waals surface area contributed by atoms with Gasteiger partial charge in [-0.25, -0.2) is 0 Å². The molecule has 6 heteroatoms. The summed E-state index contributed by atoms with van der Waals surface area (Å²) in [6.07, 6.45) is 5.04. The van der Waals surface area contributed by atoms with Crippen molar-refractivity contribution in [1.29, 1.82) is 0 Å². The van der Waals surface area contributed by atoms with Crippen molar-refractivity contribution in [2.75, 3.05) is 13.1 Å². The molecular formula is C14H25N5O. The van der Waals surface area contributed by atoms with Crippen molar-refractivity contribution in [3.63, 3.8) is 0 Å². The summed E-state index contributed by atoms with van der Waals surface area (Å²) in [6.45, 7) is 7.17. The van der Waals surface area contributed by atoms with Crippen molar-refractivity contribution in [1.82, 2.24) is 14.7 Å². The van der Waals surface area contributed by atoms with Crippen molar-refractivity contribution in [2.45, 2.75) is 45.7 Å². The highest BCUT2D eigenvalue weighted by Gasteiger charge is 2.22. The fourth-order valence-electron chi connectivity index (χ4n) is 2.59. The van der Waals surface area contributed by atoms with Crippen LogP contribution in [0.1, 0.15) is 44.8 Å². The lowest BCUT2D eigenvalue weighted by molar-refractivity contribution is 0.196. The number of likely N-dealkylation sites (tertiary alicyclic amines) is 1. The Morgan fingerprint density at radius 2 is 2.25 bits per heavy atom. The number of hydrogen-bond donors (Lipinski definition) is 2. The summed E-state index contributed by atoms with van der Waals surface area (Å²) >= 11 is 0. The molecule has 0 saturated carbocycles. The normalized spacial score (nSPS) is 20.2. The van der Waals surface area contributed by atoms with Gasteiger partial charge in [-0.1, -0.05) is 12.1 Å². The van der Waals surface area contributed by atoms with Crippen LogP contribution >= 0.6 is 0 Å². The number of piperidine rings is 1. The van der Waals surface area contributed by atoms with Crippen LogP contribution in [0.25, 0.3) is 0 Å². The maximum atomic E-state index is 8.70. The van der Waals surface area contributed by atoms with E-state index in [-0.39, 0.29) is 5.92 Å². The van der Waals surface area contributed by atoms with E-state index in [4.69, 9.17) is 10.9 Å². The molecule has 1 saturated heterocycles. The first-order valence-corrected chi connectivity index (χ1v) is 7.37. The molecule has 6 nitrogen and oxygen atoms in total. The average molecular weight is 279 g/mol. The summed E-state index contributed by atoms with van der Waals surface area (Å²) in [5.41, 5.74) is 6.78. The maximum absolute atomic E-state index is 8.70. The standard InChI is InChI=1S/C14H25N5O/c1-3-11(2)19-9-6-13(16-19)10-18-7-4-12(5-8-18)14(15)17-20/h6,9,11-12,20H,3-5,7-8,10H2,1-2H3,(H2,15,17). The number of hydrogen-bond acceptors (Lipinski definition) is 4. The molecule has 0 aliphatic carbocycles. The van der Waals surface area contributed by atoms with Crippen LogP contribution in [0.15, 0.2) is 17.4 Å². The average Bonchev–Trinajstić information content (AvgIpc) is 2.95. The topological polar surface area (TPSA) is 79.7 Å². The van der Waals surface area contributed by atoms with E-state index < -0.39 is 0 Å². The van der Waals surface area contributed by atoms with Crippen LogP contribution in [0.5, 0.6) is 0 Å². The third-order valence-corrected chi connectivity index (χ3v) is 4.21. The maximum Gasteiger partial charge on any atom is 0.142 e. The van der Waals surface area contributed by atoms with E-state index in [1.807, 2.05) is 4.68 Å². The molecule has 112 valence electrons. The van der Waals surface area contributed by atoms with Crippen molar-refractivity contribution in [3.05, 3.63) is 18.0 Å². The number of nitrogens with two attached hydrogens (primary N) is 1. The van der Waals surface area contributed by atoms with Crippen molar-refractivity contribution in [3.8, 4) is 0 Å². The molecule has 2 heterocycles. The van der Waals surface area contributed by atoms with Crippen molar-refractivity contribution < 1.29 is 5.21 Å². The van der Waals surface area contributed by atoms with Gasteiger partial charge in [0.2, 0.25) is 0 Å². The van der Waals surface area contributed by atoms with Crippen LogP contribution in [0.2, 0.25) is 0 Å². The Morgan fingerprint density at radius 3 is 2.85 bits per heavy atom.